The van der Waals surface area contributed by atoms with Crippen LogP contribution in [-0.2, 0) is 9.84 Å². The number of furan rings is 1. The van der Waals surface area contributed by atoms with E-state index in [2.05, 4.69) is 4.98 Å². The number of oxazole rings is 1. The molecule has 3 rings (SSSR count). The Morgan fingerprint density at radius 1 is 1.21 bits per heavy atom. The summed E-state index contributed by atoms with van der Waals surface area (Å²) in [5, 5.41) is 0.624. The fraction of sp³-hybridized carbons (Fsp3) is 0.188. The highest BCUT2D eigenvalue weighted by molar-refractivity contribution is 8.00. The predicted octanol–water partition coefficient (Wildman–Crippen LogP) is 4.92. The standard InChI is InChI=1S/C16H14ClNO4S2/c1-2-10-23-16-15(18-14(22-16)13-4-3-9-21-13)24(19,20)12-7-5-11(17)6-8-12/h3-9H,2,10H2,1H3. The van der Waals surface area contributed by atoms with Crippen LogP contribution >= 0.6 is 23.4 Å². The van der Waals surface area contributed by atoms with Crippen LogP contribution in [0.1, 0.15) is 13.3 Å². The van der Waals surface area contributed by atoms with Crippen molar-refractivity contribution in [3.8, 4) is 11.7 Å². The van der Waals surface area contributed by atoms with Crippen molar-refractivity contribution in [3.63, 3.8) is 0 Å². The Labute approximate surface area is 149 Å². The highest BCUT2D eigenvalue weighted by atomic mass is 35.5. The van der Waals surface area contributed by atoms with E-state index in [1.54, 1.807) is 12.1 Å². The van der Waals surface area contributed by atoms with E-state index in [9.17, 15) is 8.42 Å². The second kappa shape index (κ2) is 7.04. The molecule has 8 heteroatoms. The van der Waals surface area contributed by atoms with Gasteiger partial charge in [0.1, 0.15) is 0 Å². The molecular formula is C16H14ClNO4S2. The number of aromatic nitrogens is 1. The van der Waals surface area contributed by atoms with Crippen molar-refractivity contribution in [2.75, 3.05) is 5.75 Å². The summed E-state index contributed by atoms with van der Waals surface area (Å²) in [5.41, 5.74) is 0. The number of hydrogen-bond donors (Lipinski definition) is 0. The number of thioether (sulfide) groups is 1. The Morgan fingerprint density at radius 3 is 2.58 bits per heavy atom. The lowest BCUT2D eigenvalue weighted by Gasteiger charge is -2.03. The average Bonchev–Trinajstić information content (AvgIpc) is 3.22. The van der Waals surface area contributed by atoms with Gasteiger partial charge in [0.2, 0.25) is 20.0 Å². The molecule has 0 bridgehead atoms. The van der Waals surface area contributed by atoms with E-state index in [0.29, 0.717) is 10.8 Å². The lowest BCUT2D eigenvalue weighted by molar-refractivity contribution is 0.451. The third-order valence-electron chi connectivity index (χ3n) is 3.11. The van der Waals surface area contributed by atoms with Crippen molar-refractivity contribution in [1.82, 2.24) is 4.98 Å². The number of rotatable bonds is 6. The monoisotopic (exact) mass is 383 g/mol. The summed E-state index contributed by atoms with van der Waals surface area (Å²) in [4.78, 5) is 4.29. The van der Waals surface area contributed by atoms with E-state index in [1.807, 2.05) is 6.92 Å². The van der Waals surface area contributed by atoms with Gasteiger partial charge in [-0.2, -0.15) is 4.98 Å². The Bertz CT molecular complexity index is 916. The molecule has 3 aromatic rings. The summed E-state index contributed by atoms with van der Waals surface area (Å²) >= 11 is 7.15. The molecule has 0 aliphatic carbocycles. The summed E-state index contributed by atoms with van der Waals surface area (Å²) in [5.74, 6) is 1.24. The van der Waals surface area contributed by atoms with Crippen LogP contribution in [0.4, 0.5) is 0 Å². The van der Waals surface area contributed by atoms with Crippen molar-refractivity contribution in [3.05, 3.63) is 47.7 Å². The minimum absolute atomic E-state index is 0.102. The van der Waals surface area contributed by atoms with E-state index < -0.39 is 9.84 Å². The Hall–Kier alpha value is -1.70. The van der Waals surface area contributed by atoms with Crippen LogP contribution in [0.3, 0.4) is 0 Å². The molecule has 0 aliphatic rings. The lowest BCUT2D eigenvalue weighted by atomic mass is 10.4. The van der Waals surface area contributed by atoms with Gasteiger partial charge >= 0.3 is 0 Å². The molecule has 0 aliphatic heterocycles. The van der Waals surface area contributed by atoms with Gasteiger partial charge in [0.05, 0.1) is 11.2 Å². The molecule has 24 heavy (non-hydrogen) atoms. The Morgan fingerprint density at radius 2 is 1.96 bits per heavy atom. The van der Waals surface area contributed by atoms with Crippen LogP contribution in [0.25, 0.3) is 11.7 Å². The molecule has 1 aromatic carbocycles. The third kappa shape index (κ3) is 3.38. The fourth-order valence-corrected chi connectivity index (χ4v) is 4.49. The van der Waals surface area contributed by atoms with E-state index in [4.69, 9.17) is 20.4 Å². The average molecular weight is 384 g/mol. The molecule has 126 valence electrons. The quantitative estimate of drug-likeness (QED) is 0.562. The maximum Gasteiger partial charge on any atom is 0.265 e. The van der Waals surface area contributed by atoms with Gasteiger partial charge in [0.15, 0.2) is 5.76 Å². The zero-order valence-electron chi connectivity index (χ0n) is 12.7. The van der Waals surface area contributed by atoms with Crippen molar-refractivity contribution in [2.24, 2.45) is 0 Å². The molecule has 2 aromatic heterocycles. The normalized spacial score (nSPS) is 11.8. The van der Waals surface area contributed by atoms with Gasteiger partial charge < -0.3 is 8.83 Å². The summed E-state index contributed by atoms with van der Waals surface area (Å²) in [6, 6.07) is 9.31. The molecule has 0 fully saturated rings. The first-order valence-corrected chi connectivity index (χ1v) is 10.0. The number of sulfone groups is 1. The van der Waals surface area contributed by atoms with Crippen LogP contribution in [0.15, 0.2) is 66.5 Å². The maximum atomic E-state index is 12.9. The van der Waals surface area contributed by atoms with Gasteiger partial charge in [-0.25, -0.2) is 8.42 Å². The first-order valence-electron chi connectivity index (χ1n) is 7.20. The molecule has 0 saturated heterocycles. The number of halogens is 1. The highest BCUT2D eigenvalue weighted by Gasteiger charge is 2.29. The van der Waals surface area contributed by atoms with E-state index in [1.165, 1.54) is 42.3 Å². The molecule has 2 heterocycles. The number of hydrogen-bond acceptors (Lipinski definition) is 6. The zero-order chi connectivity index (χ0) is 17.2. The van der Waals surface area contributed by atoms with E-state index >= 15 is 0 Å². The topological polar surface area (TPSA) is 73.3 Å². The first-order chi connectivity index (χ1) is 11.5. The first kappa shape index (κ1) is 17.1. The minimum atomic E-state index is -3.81. The molecular weight excluding hydrogens is 370 g/mol. The summed E-state index contributed by atoms with van der Waals surface area (Å²) in [7, 11) is -3.81. The molecule has 0 spiro atoms. The minimum Gasteiger partial charge on any atom is -0.459 e. The highest BCUT2D eigenvalue weighted by Crippen LogP contribution is 2.35. The van der Waals surface area contributed by atoms with Gasteiger partial charge in [-0.1, -0.05) is 30.3 Å². The third-order valence-corrected chi connectivity index (χ3v) is 6.33. The largest absolute Gasteiger partial charge is 0.459 e. The van der Waals surface area contributed by atoms with Gasteiger partial charge in [-0.3, -0.25) is 0 Å². The SMILES string of the molecule is CCCSc1oc(-c2ccco2)nc1S(=O)(=O)c1ccc(Cl)cc1. The fourth-order valence-electron chi connectivity index (χ4n) is 1.98. The second-order valence-corrected chi connectivity index (χ2v) is 8.26. The predicted molar refractivity (Wildman–Crippen MR) is 92.1 cm³/mol. The van der Waals surface area contributed by atoms with Gasteiger partial charge in [0, 0.05) is 10.8 Å². The van der Waals surface area contributed by atoms with Crippen molar-refractivity contribution < 1.29 is 17.3 Å². The van der Waals surface area contributed by atoms with Crippen LogP contribution < -0.4 is 0 Å². The number of nitrogens with zero attached hydrogens (tertiary/aromatic N) is 1. The van der Waals surface area contributed by atoms with Crippen molar-refractivity contribution in [2.45, 2.75) is 28.4 Å². The lowest BCUT2D eigenvalue weighted by Crippen LogP contribution is -2.04. The molecule has 5 nitrogen and oxygen atoms in total. The summed E-state index contributed by atoms with van der Waals surface area (Å²) in [6.07, 6.45) is 2.35. The Balaban J connectivity index is 2.09. The maximum absolute atomic E-state index is 12.9. The number of benzene rings is 1. The molecule has 0 saturated carbocycles. The second-order valence-electron chi connectivity index (χ2n) is 4.89. The summed E-state index contributed by atoms with van der Waals surface area (Å²) in [6.45, 7) is 2.00. The molecule has 0 atom stereocenters. The molecule has 0 radical (unpaired) electrons. The van der Waals surface area contributed by atoms with Crippen molar-refractivity contribution in [1.29, 1.82) is 0 Å². The van der Waals surface area contributed by atoms with Crippen LogP contribution in [0.2, 0.25) is 5.02 Å². The summed E-state index contributed by atoms with van der Waals surface area (Å²) < 4.78 is 36.7. The van der Waals surface area contributed by atoms with E-state index in [0.717, 1.165) is 12.2 Å². The van der Waals surface area contributed by atoms with Gasteiger partial charge in [-0.05, 0) is 42.8 Å². The van der Waals surface area contributed by atoms with E-state index in [-0.39, 0.29) is 20.9 Å². The van der Waals surface area contributed by atoms with Crippen LogP contribution in [-0.4, -0.2) is 19.2 Å². The Kier molecular flexibility index (Phi) is 5.03. The molecule has 0 unspecified atom stereocenters. The molecule has 0 amide bonds. The van der Waals surface area contributed by atoms with Gasteiger partial charge in [0.25, 0.3) is 5.89 Å². The zero-order valence-corrected chi connectivity index (χ0v) is 15.1. The van der Waals surface area contributed by atoms with Crippen molar-refractivity contribution >= 4 is 33.2 Å². The van der Waals surface area contributed by atoms with Crippen LogP contribution in [0, 0.1) is 0 Å². The van der Waals surface area contributed by atoms with Gasteiger partial charge in [-0.15, -0.1) is 0 Å². The smallest absolute Gasteiger partial charge is 0.265 e. The van der Waals surface area contributed by atoms with Crippen LogP contribution in [0.5, 0.6) is 0 Å². The molecule has 0 N–H and O–H groups in total.